The average molecular weight is 521 g/mol. The molecule has 11 heteroatoms. The van der Waals surface area contributed by atoms with Gasteiger partial charge in [0.05, 0.1) is 18.4 Å². The van der Waals surface area contributed by atoms with Gasteiger partial charge >= 0.3 is 5.91 Å². The summed E-state index contributed by atoms with van der Waals surface area (Å²) >= 11 is 1.46. The number of likely N-dealkylation sites (tertiary alicyclic amines) is 1. The molecule has 1 N–H and O–H groups in total. The smallest absolute Gasteiger partial charge is 0.304 e. The Labute approximate surface area is 218 Å². The minimum Gasteiger partial charge on any atom is -0.493 e. The Balaban J connectivity index is 1.32. The number of nitrogens with zero attached hydrogens (tertiary/aromatic N) is 6. The number of aromatic nitrogens is 2. The molecule has 2 aromatic heterocycles. The minimum atomic E-state index is -0.612. The lowest BCUT2D eigenvalue weighted by atomic mass is 9.97. The van der Waals surface area contributed by atoms with Gasteiger partial charge in [0.15, 0.2) is 17.7 Å². The maximum atomic E-state index is 12.3. The first-order valence-electron chi connectivity index (χ1n) is 12.1. The average Bonchev–Trinajstić information content (AvgIpc) is 3.56. The monoisotopic (exact) mass is 520 g/mol. The molecule has 0 saturated carbocycles. The number of azo groups is 1. The number of para-hydroxylation sites is 1. The summed E-state index contributed by atoms with van der Waals surface area (Å²) in [6, 6.07) is 11.8. The van der Waals surface area contributed by atoms with Gasteiger partial charge in [-0.3, -0.25) is 19.2 Å². The Bertz CT molecular complexity index is 1330. The zero-order valence-corrected chi connectivity index (χ0v) is 21.3. The van der Waals surface area contributed by atoms with E-state index in [-0.39, 0.29) is 29.7 Å². The standard InChI is InChI=1S/C26H28N6O4S/c1-18(26-35-13-14-37-26)30-36-16-23(33)28-29-24-20-8-2-3-10-22(20)32(25(24)34)17-31-12-5-4-9-21(31)19-7-6-11-27-15-19/h2-3,6-8,10-11,13-15,21,26,34H,4-5,9,12,16-17H2,1H3/t21-,26-/m0/s1. The molecule has 4 heterocycles. The van der Waals surface area contributed by atoms with E-state index in [9.17, 15) is 9.90 Å². The van der Waals surface area contributed by atoms with Crippen molar-refractivity contribution in [3.05, 3.63) is 66.0 Å². The van der Waals surface area contributed by atoms with Crippen molar-refractivity contribution >= 4 is 40.0 Å². The summed E-state index contributed by atoms with van der Waals surface area (Å²) in [4.78, 5) is 24.0. The lowest BCUT2D eigenvalue weighted by Gasteiger charge is -2.36. The topological polar surface area (TPSA) is 114 Å². The summed E-state index contributed by atoms with van der Waals surface area (Å²) in [5.41, 5.74) is 2.58. The zero-order chi connectivity index (χ0) is 25.6. The number of ether oxygens (including phenoxy) is 1. The molecule has 1 amide bonds. The molecule has 192 valence electrons. The molecule has 0 spiro atoms. The van der Waals surface area contributed by atoms with E-state index in [1.54, 1.807) is 19.4 Å². The van der Waals surface area contributed by atoms with Crippen molar-refractivity contribution in [3.8, 4) is 5.88 Å². The highest BCUT2D eigenvalue weighted by atomic mass is 32.2. The van der Waals surface area contributed by atoms with Crippen molar-refractivity contribution in [2.75, 3.05) is 13.2 Å². The normalized spacial score (nSPS) is 20.5. The maximum absolute atomic E-state index is 12.3. The number of amides is 1. The van der Waals surface area contributed by atoms with Crippen LogP contribution in [0.5, 0.6) is 5.88 Å². The summed E-state index contributed by atoms with van der Waals surface area (Å²) in [5.74, 6) is -0.649. The maximum Gasteiger partial charge on any atom is 0.304 e. The van der Waals surface area contributed by atoms with Gasteiger partial charge < -0.3 is 14.7 Å². The van der Waals surface area contributed by atoms with E-state index < -0.39 is 5.91 Å². The molecule has 37 heavy (non-hydrogen) atoms. The van der Waals surface area contributed by atoms with Crippen LogP contribution in [0, 0.1) is 0 Å². The van der Waals surface area contributed by atoms with Crippen LogP contribution in [-0.4, -0.2) is 49.8 Å². The molecule has 3 aromatic rings. The van der Waals surface area contributed by atoms with Crippen LogP contribution in [0.15, 0.2) is 75.8 Å². The molecule has 0 aliphatic carbocycles. The molecule has 5 rings (SSSR count). The van der Waals surface area contributed by atoms with Crippen LogP contribution < -0.4 is 0 Å². The summed E-state index contributed by atoms with van der Waals surface area (Å²) in [6.45, 7) is 2.76. The second kappa shape index (κ2) is 11.6. The lowest BCUT2D eigenvalue weighted by Crippen LogP contribution is -2.34. The van der Waals surface area contributed by atoms with Crippen molar-refractivity contribution < 1.29 is 19.5 Å². The summed E-state index contributed by atoms with van der Waals surface area (Å²) in [6.07, 6.45) is 8.52. The SMILES string of the molecule is CC(=NOCC(=O)N=Nc1c(O)n(CN2CCCC[C@H]2c2cccnc2)c2ccccc12)[C@H]1OC=CS1. The van der Waals surface area contributed by atoms with Gasteiger partial charge in [-0.1, -0.05) is 47.6 Å². The fourth-order valence-electron chi connectivity index (χ4n) is 4.61. The quantitative estimate of drug-likeness (QED) is 0.237. The molecular weight excluding hydrogens is 492 g/mol. The number of rotatable bonds is 8. The third-order valence-electron chi connectivity index (χ3n) is 6.38. The highest BCUT2D eigenvalue weighted by Crippen LogP contribution is 2.40. The van der Waals surface area contributed by atoms with Gasteiger partial charge in [-0.25, -0.2) is 0 Å². The second-order valence-electron chi connectivity index (χ2n) is 8.85. The van der Waals surface area contributed by atoms with Crippen LogP contribution in [-0.2, 0) is 21.0 Å². The van der Waals surface area contributed by atoms with Crippen LogP contribution in [0.4, 0.5) is 5.69 Å². The number of pyridine rings is 1. The number of piperidine rings is 1. The summed E-state index contributed by atoms with van der Waals surface area (Å²) in [7, 11) is 0. The van der Waals surface area contributed by atoms with Gasteiger partial charge in [-0.05, 0) is 37.5 Å². The van der Waals surface area contributed by atoms with Crippen LogP contribution in [0.25, 0.3) is 10.9 Å². The number of aromatic hydroxyl groups is 1. The first kappa shape index (κ1) is 25.0. The molecule has 2 aliphatic heterocycles. The van der Waals surface area contributed by atoms with Crippen LogP contribution in [0.1, 0.15) is 37.8 Å². The largest absolute Gasteiger partial charge is 0.493 e. The molecule has 2 atom stereocenters. The number of hydrogen-bond donors (Lipinski definition) is 1. The predicted molar refractivity (Wildman–Crippen MR) is 141 cm³/mol. The van der Waals surface area contributed by atoms with Crippen molar-refractivity contribution in [1.29, 1.82) is 0 Å². The van der Waals surface area contributed by atoms with Crippen molar-refractivity contribution in [2.45, 2.75) is 44.3 Å². The Morgan fingerprint density at radius 2 is 2.16 bits per heavy atom. The Kier molecular flexibility index (Phi) is 7.81. The first-order valence-corrected chi connectivity index (χ1v) is 13.1. The highest BCUT2D eigenvalue weighted by Gasteiger charge is 2.27. The van der Waals surface area contributed by atoms with Gasteiger partial charge in [0, 0.05) is 35.8 Å². The fourth-order valence-corrected chi connectivity index (χ4v) is 5.25. The van der Waals surface area contributed by atoms with E-state index in [4.69, 9.17) is 9.57 Å². The molecule has 1 fully saturated rings. The molecule has 1 saturated heterocycles. The molecule has 2 aliphatic rings. The zero-order valence-electron chi connectivity index (χ0n) is 20.4. The number of benzene rings is 1. The Morgan fingerprint density at radius 1 is 1.27 bits per heavy atom. The summed E-state index contributed by atoms with van der Waals surface area (Å²) in [5, 5.41) is 25.5. The minimum absolute atomic E-state index is 0.0362. The van der Waals surface area contributed by atoms with E-state index in [0.29, 0.717) is 17.8 Å². The van der Waals surface area contributed by atoms with Crippen molar-refractivity contribution in [3.63, 3.8) is 0 Å². The highest BCUT2D eigenvalue weighted by molar-refractivity contribution is 8.03. The lowest BCUT2D eigenvalue weighted by molar-refractivity contribution is -0.122. The Hall–Kier alpha value is -3.70. The third kappa shape index (κ3) is 5.67. The van der Waals surface area contributed by atoms with E-state index in [1.165, 1.54) is 11.8 Å². The molecule has 0 bridgehead atoms. The number of hydrogen-bond acceptors (Lipinski definition) is 9. The molecule has 0 unspecified atom stereocenters. The van der Waals surface area contributed by atoms with Crippen molar-refractivity contribution in [2.24, 2.45) is 15.4 Å². The van der Waals surface area contributed by atoms with Crippen LogP contribution in [0.3, 0.4) is 0 Å². The number of thioether (sulfide) groups is 1. The fraction of sp³-hybridized carbons (Fsp3) is 0.346. The molecular formula is C26H28N6O4S. The van der Waals surface area contributed by atoms with E-state index in [0.717, 1.165) is 36.9 Å². The van der Waals surface area contributed by atoms with E-state index in [2.05, 4.69) is 31.3 Å². The number of carbonyl (C=O) groups is 1. The van der Waals surface area contributed by atoms with Gasteiger partial charge in [0.1, 0.15) is 5.71 Å². The molecule has 10 nitrogen and oxygen atoms in total. The number of fused-ring (bicyclic) bond motifs is 1. The molecule has 1 aromatic carbocycles. The predicted octanol–water partition coefficient (Wildman–Crippen LogP) is 5.49. The van der Waals surface area contributed by atoms with Gasteiger partial charge in [-0.15, -0.1) is 10.2 Å². The van der Waals surface area contributed by atoms with Crippen molar-refractivity contribution in [1.82, 2.24) is 14.5 Å². The van der Waals surface area contributed by atoms with E-state index in [1.807, 2.05) is 46.5 Å². The number of oxime groups is 1. The van der Waals surface area contributed by atoms with Gasteiger partial charge in [-0.2, -0.15) is 0 Å². The number of carbonyl (C=O) groups excluding carboxylic acids is 1. The summed E-state index contributed by atoms with van der Waals surface area (Å²) < 4.78 is 7.15. The second-order valence-corrected chi connectivity index (χ2v) is 9.82. The first-order chi connectivity index (χ1) is 18.1. The van der Waals surface area contributed by atoms with E-state index >= 15 is 0 Å². The third-order valence-corrected chi connectivity index (χ3v) is 7.35. The van der Waals surface area contributed by atoms with Gasteiger partial charge in [0.2, 0.25) is 5.88 Å². The Morgan fingerprint density at radius 3 is 2.97 bits per heavy atom. The van der Waals surface area contributed by atoms with Gasteiger partial charge in [0.25, 0.3) is 0 Å². The molecule has 0 radical (unpaired) electrons. The van der Waals surface area contributed by atoms with Crippen LogP contribution in [0.2, 0.25) is 0 Å². The van der Waals surface area contributed by atoms with Crippen LogP contribution >= 0.6 is 11.8 Å².